The number of carboxylic acids is 1. The second-order valence-electron chi connectivity index (χ2n) is 6.70. The molecule has 0 spiro atoms. The van der Waals surface area contributed by atoms with Crippen LogP contribution in [0.2, 0.25) is 0 Å². The van der Waals surface area contributed by atoms with Crippen LogP contribution in [0.15, 0.2) is 84.8 Å². The van der Waals surface area contributed by atoms with Crippen LogP contribution in [-0.4, -0.2) is 46.5 Å². The van der Waals surface area contributed by atoms with Gasteiger partial charge in [-0.05, 0) is 48.4 Å². The van der Waals surface area contributed by atoms with Crippen LogP contribution in [0, 0.1) is 0 Å². The summed E-state index contributed by atoms with van der Waals surface area (Å²) in [6, 6.07) is 13.1. The highest BCUT2D eigenvalue weighted by molar-refractivity contribution is 7.89. The first-order valence-electron chi connectivity index (χ1n) is 9.53. The van der Waals surface area contributed by atoms with Gasteiger partial charge in [0.25, 0.3) is 0 Å². The molecule has 8 nitrogen and oxygen atoms in total. The van der Waals surface area contributed by atoms with Gasteiger partial charge in [0.05, 0.1) is 17.8 Å². The lowest BCUT2D eigenvalue weighted by atomic mass is 10.2. The summed E-state index contributed by atoms with van der Waals surface area (Å²) in [6.07, 6.45) is 7.50. The van der Waals surface area contributed by atoms with Crippen molar-refractivity contribution in [1.82, 2.24) is 13.9 Å². The fourth-order valence-corrected chi connectivity index (χ4v) is 4.26. The van der Waals surface area contributed by atoms with Gasteiger partial charge in [-0.25, -0.2) is 13.4 Å². The lowest BCUT2D eigenvalue weighted by Gasteiger charge is -2.21. The SMILES string of the molecule is C=CCCOc1ccc(S(=O)(=O)N(CC(=O)O)Cc2ccc(-n3ccnc3)cc2)cc1. The van der Waals surface area contributed by atoms with Crippen molar-refractivity contribution in [1.29, 1.82) is 0 Å². The van der Waals surface area contributed by atoms with Gasteiger partial charge >= 0.3 is 5.97 Å². The molecule has 0 aliphatic heterocycles. The van der Waals surface area contributed by atoms with Crippen molar-refractivity contribution in [3.8, 4) is 11.4 Å². The fraction of sp³-hybridized carbons (Fsp3) is 0.182. The zero-order valence-corrected chi connectivity index (χ0v) is 17.6. The molecule has 162 valence electrons. The van der Waals surface area contributed by atoms with E-state index in [1.54, 1.807) is 49.1 Å². The third-order valence-corrected chi connectivity index (χ3v) is 6.27. The first kappa shape index (κ1) is 22.3. The molecule has 0 radical (unpaired) electrons. The van der Waals surface area contributed by atoms with Crippen LogP contribution in [-0.2, 0) is 21.4 Å². The maximum atomic E-state index is 13.1. The Bertz CT molecular complexity index is 1110. The largest absolute Gasteiger partial charge is 0.493 e. The fourth-order valence-electron chi connectivity index (χ4n) is 2.88. The second-order valence-corrected chi connectivity index (χ2v) is 8.64. The number of aromatic nitrogens is 2. The summed E-state index contributed by atoms with van der Waals surface area (Å²) in [6.45, 7) is 3.33. The average molecular weight is 442 g/mol. The maximum Gasteiger partial charge on any atom is 0.318 e. The number of nitrogens with zero attached hydrogens (tertiary/aromatic N) is 3. The highest BCUT2D eigenvalue weighted by Gasteiger charge is 2.27. The number of hydrogen-bond acceptors (Lipinski definition) is 5. The molecule has 1 aromatic heterocycles. The van der Waals surface area contributed by atoms with Crippen LogP contribution < -0.4 is 4.74 Å². The van der Waals surface area contributed by atoms with Gasteiger partial charge in [-0.15, -0.1) is 6.58 Å². The number of rotatable bonds is 11. The van der Waals surface area contributed by atoms with Crippen LogP contribution in [0.5, 0.6) is 5.75 Å². The van der Waals surface area contributed by atoms with Crippen LogP contribution >= 0.6 is 0 Å². The molecule has 3 rings (SSSR count). The number of aliphatic carboxylic acids is 1. The minimum absolute atomic E-state index is 0.000133. The Morgan fingerprint density at radius 1 is 1.16 bits per heavy atom. The van der Waals surface area contributed by atoms with E-state index in [1.807, 2.05) is 16.7 Å². The van der Waals surface area contributed by atoms with E-state index >= 15 is 0 Å². The van der Waals surface area contributed by atoms with Crippen LogP contribution in [0.4, 0.5) is 0 Å². The molecular weight excluding hydrogens is 418 g/mol. The Morgan fingerprint density at radius 2 is 1.87 bits per heavy atom. The summed E-state index contributed by atoms with van der Waals surface area (Å²) in [5.41, 5.74) is 1.53. The summed E-state index contributed by atoms with van der Waals surface area (Å²) in [7, 11) is -4.02. The predicted octanol–water partition coefficient (Wildman–Crippen LogP) is 3.10. The normalized spacial score (nSPS) is 11.4. The van der Waals surface area contributed by atoms with E-state index in [4.69, 9.17) is 4.74 Å². The van der Waals surface area contributed by atoms with E-state index in [0.717, 1.165) is 9.99 Å². The van der Waals surface area contributed by atoms with Gasteiger partial charge < -0.3 is 14.4 Å². The molecule has 0 aliphatic rings. The van der Waals surface area contributed by atoms with E-state index in [2.05, 4.69) is 11.6 Å². The summed E-state index contributed by atoms with van der Waals surface area (Å²) in [4.78, 5) is 15.3. The molecule has 0 atom stereocenters. The monoisotopic (exact) mass is 441 g/mol. The minimum atomic E-state index is -4.02. The number of benzene rings is 2. The van der Waals surface area contributed by atoms with Gasteiger partial charge in [0, 0.05) is 24.6 Å². The minimum Gasteiger partial charge on any atom is -0.493 e. The van der Waals surface area contributed by atoms with E-state index in [1.165, 1.54) is 12.1 Å². The first-order valence-corrected chi connectivity index (χ1v) is 11.0. The van der Waals surface area contributed by atoms with Crippen LogP contribution in [0.25, 0.3) is 5.69 Å². The van der Waals surface area contributed by atoms with Crippen molar-refractivity contribution in [3.63, 3.8) is 0 Å². The third-order valence-electron chi connectivity index (χ3n) is 4.46. The number of hydrogen-bond donors (Lipinski definition) is 1. The summed E-state index contributed by atoms with van der Waals surface area (Å²) < 4.78 is 34.4. The molecule has 0 amide bonds. The van der Waals surface area contributed by atoms with Gasteiger partial charge in [-0.3, -0.25) is 4.79 Å². The van der Waals surface area contributed by atoms with Crippen molar-refractivity contribution < 1.29 is 23.1 Å². The Kier molecular flexibility index (Phi) is 7.22. The molecule has 9 heteroatoms. The topological polar surface area (TPSA) is 102 Å². The maximum absolute atomic E-state index is 13.1. The average Bonchev–Trinajstić information content (AvgIpc) is 3.29. The van der Waals surface area contributed by atoms with Gasteiger partial charge in [-0.2, -0.15) is 4.31 Å². The highest BCUT2D eigenvalue weighted by atomic mass is 32.2. The molecule has 3 aromatic rings. The molecule has 0 aliphatic carbocycles. The van der Waals surface area contributed by atoms with E-state index in [-0.39, 0.29) is 11.4 Å². The van der Waals surface area contributed by atoms with E-state index < -0.39 is 22.5 Å². The summed E-state index contributed by atoms with van der Waals surface area (Å²) in [5, 5.41) is 9.26. The quantitative estimate of drug-likeness (QED) is 0.362. The van der Waals surface area contributed by atoms with E-state index in [0.29, 0.717) is 24.3 Å². The number of carboxylic acid groups (broad SMARTS) is 1. The van der Waals surface area contributed by atoms with Gasteiger partial charge in [0.2, 0.25) is 10.0 Å². The van der Waals surface area contributed by atoms with E-state index in [9.17, 15) is 18.3 Å². The summed E-state index contributed by atoms with van der Waals surface area (Å²) >= 11 is 0. The molecule has 1 heterocycles. The van der Waals surface area contributed by atoms with Crippen LogP contribution in [0.3, 0.4) is 0 Å². The van der Waals surface area contributed by atoms with Crippen molar-refractivity contribution in [2.45, 2.75) is 17.9 Å². The zero-order chi connectivity index (χ0) is 22.3. The zero-order valence-electron chi connectivity index (χ0n) is 16.8. The van der Waals surface area contributed by atoms with Crippen LogP contribution in [0.1, 0.15) is 12.0 Å². The smallest absolute Gasteiger partial charge is 0.318 e. The summed E-state index contributed by atoms with van der Waals surface area (Å²) in [5.74, 6) is -0.705. The predicted molar refractivity (Wildman–Crippen MR) is 116 cm³/mol. The lowest BCUT2D eigenvalue weighted by molar-refractivity contribution is -0.137. The van der Waals surface area contributed by atoms with Crippen molar-refractivity contribution in [3.05, 3.63) is 85.5 Å². The Morgan fingerprint density at radius 3 is 2.45 bits per heavy atom. The molecule has 0 fully saturated rings. The highest BCUT2D eigenvalue weighted by Crippen LogP contribution is 2.22. The van der Waals surface area contributed by atoms with Crippen molar-refractivity contribution >= 4 is 16.0 Å². The Hall–Kier alpha value is -3.43. The molecule has 0 saturated heterocycles. The molecule has 0 saturated carbocycles. The standard InChI is InChI=1S/C22H23N3O5S/c1-2-3-14-30-20-8-10-21(11-9-20)31(28,29)25(16-22(26)27)15-18-4-6-19(7-5-18)24-13-12-23-17-24/h2,4-13,17H,1,3,14-16H2,(H,26,27). The number of carbonyl (C=O) groups is 1. The number of imidazole rings is 1. The van der Waals surface area contributed by atoms with Crippen molar-refractivity contribution in [2.24, 2.45) is 0 Å². The molecule has 0 bridgehead atoms. The molecule has 2 aromatic carbocycles. The van der Waals surface area contributed by atoms with Gasteiger partial charge in [0.1, 0.15) is 12.3 Å². The number of sulfonamides is 1. The lowest BCUT2D eigenvalue weighted by Crippen LogP contribution is -2.35. The molecule has 0 unspecified atom stereocenters. The first-order chi connectivity index (χ1) is 14.9. The number of ether oxygens (including phenoxy) is 1. The Labute approximate surface area is 181 Å². The second kappa shape index (κ2) is 10.1. The van der Waals surface area contributed by atoms with Crippen molar-refractivity contribution in [2.75, 3.05) is 13.2 Å². The molecule has 1 N–H and O–H groups in total. The molecular formula is C22H23N3O5S. The third kappa shape index (κ3) is 5.80. The van der Waals surface area contributed by atoms with Gasteiger partial charge in [0.15, 0.2) is 0 Å². The Balaban J connectivity index is 1.79. The van der Waals surface area contributed by atoms with Gasteiger partial charge in [-0.1, -0.05) is 18.2 Å². The molecule has 31 heavy (non-hydrogen) atoms.